The monoisotopic (exact) mass is 382 g/mol. The van der Waals surface area contributed by atoms with E-state index in [0.717, 1.165) is 11.1 Å². The van der Waals surface area contributed by atoms with Crippen molar-refractivity contribution < 1.29 is 18.4 Å². The van der Waals surface area contributed by atoms with Crippen molar-refractivity contribution in [1.29, 1.82) is 0 Å². The Balaban J connectivity index is 0.000000231. The van der Waals surface area contributed by atoms with Gasteiger partial charge in [-0.3, -0.25) is 9.59 Å². The number of carbonyl (C=O) groups excluding carboxylic acids is 2. The Morgan fingerprint density at radius 3 is 1.83 bits per heavy atom. The molecule has 0 atom stereocenters. The average molecular weight is 383 g/mol. The molecule has 0 N–H and O–H groups in total. The highest BCUT2D eigenvalue weighted by Gasteiger charge is 2.07. The van der Waals surface area contributed by atoms with Crippen LogP contribution in [0.2, 0.25) is 0 Å². The highest BCUT2D eigenvalue weighted by Crippen LogP contribution is 2.13. The van der Waals surface area contributed by atoms with Crippen molar-refractivity contribution in [3.8, 4) is 0 Å². The third kappa shape index (κ3) is 5.67. The Kier molecular flexibility index (Phi) is 7.23. The van der Waals surface area contributed by atoms with Gasteiger partial charge in [-0.15, -0.1) is 0 Å². The molecule has 5 heteroatoms. The van der Waals surface area contributed by atoms with Gasteiger partial charge in [0.1, 0.15) is 11.6 Å². The second kappa shape index (κ2) is 8.67. The molecule has 23 heavy (non-hydrogen) atoms. The molecule has 0 saturated heterocycles. The van der Waals surface area contributed by atoms with E-state index >= 15 is 0 Å². The van der Waals surface area contributed by atoms with Crippen LogP contribution in [-0.4, -0.2) is 11.6 Å². The van der Waals surface area contributed by atoms with Crippen LogP contribution in [0.15, 0.2) is 36.4 Å². The Labute approximate surface area is 142 Å². The molecule has 2 aromatic carbocycles. The minimum absolute atomic E-state index is 0.159. The lowest BCUT2D eigenvalue weighted by molar-refractivity contribution is 0.100. The summed E-state index contributed by atoms with van der Waals surface area (Å²) in [4.78, 5) is 21.7. The maximum atomic E-state index is 12.9. The number of ketones is 2. The topological polar surface area (TPSA) is 34.1 Å². The second-order valence-electron chi connectivity index (χ2n) is 5.04. The number of halogens is 3. The van der Waals surface area contributed by atoms with Crippen LogP contribution >= 0.6 is 15.9 Å². The molecule has 2 aromatic rings. The first-order valence-electron chi connectivity index (χ1n) is 6.88. The molecular formula is C18H17BrF2O2. The lowest BCUT2D eigenvalue weighted by Crippen LogP contribution is -1.97. The summed E-state index contributed by atoms with van der Waals surface area (Å²) in [6.07, 6.45) is 0. The van der Waals surface area contributed by atoms with Gasteiger partial charge >= 0.3 is 0 Å². The van der Waals surface area contributed by atoms with E-state index in [-0.39, 0.29) is 22.7 Å². The standard InChI is InChI=1S/C9H8BrFO.C9H9FO/c1-6(12)8-4-7(5-10)2-3-9(8)11;1-6-3-4-9(10)8(5-6)7(2)11/h2-4H,5H2,1H3;3-5H,1-2H3. The zero-order chi connectivity index (χ0) is 17.6. The van der Waals surface area contributed by atoms with Gasteiger partial charge in [-0.25, -0.2) is 8.78 Å². The van der Waals surface area contributed by atoms with Crippen molar-refractivity contribution in [1.82, 2.24) is 0 Å². The quantitative estimate of drug-likeness (QED) is 0.535. The third-order valence-corrected chi connectivity index (χ3v) is 3.71. The van der Waals surface area contributed by atoms with Crippen LogP contribution in [0.1, 0.15) is 45.7 Å². The molecule has 2 nitrogen and oxygen atoms in total. The number of hydrogen-bond acceptors (Lipinski definition) is 2. The summed E-state index contributed by atoms with van der Waals surface area (Å²) in [7, 11) is 0. The third-order valence-electron chi connectivity index (χ3n) is 3.07. The molecule has 0 aromatic heterocycles. The second-order valence-corrected chi connectivity index (χ2v) is 5.60. The molecule has 0 unspecified atom stereocenters. The molecule has 0 aliphatic carbocycles. The molecule has 0 aliphatic rings. The summed E-state index contributed by atoms with van der Waals surface area (Å²) in [5.74, 6) is -1.36. The van der Waals surface area contributed by atoms with E-state index in [1.54, 1.807) is 24.3 Å². The van der Waals surface area contributed by atoms with E-state index in [1.165, 1.54) is 26.0 Å². The smallest absolute Gasteiger partial charge is 0.162 e. The summed E-state index contributed by atoms with van der Waals surface area (Å²) in [6.45, 7) is 4.54. The van der Waals surface area contributed by atoms with Gasteiger partial charge in [0.15, 0.2) is 11.6 Å². The fraction of sp³-hybridized carbons (Fsp3) is 0.222. The van der Waals surface area contributed by atoms with E-state index in [9.17, 15) is 18.4 Å². The summed E-state index contributed by atoms with van der Waals surface area (Å²) < 4.78 is 25.7. The highest BCUT2D eigenvalue weighted by atomic mass is 79.9. The fourth-order valence-corrected chi connectivity index (χ4v) is 2.18. The van der Waals surface area contributed by atoms with E-state index in [4.69, 9.17) is 0 Å². The van der Waals surface area contributed by atoms with Crippen LogP contribution in [0, 0.1) is 18.6 Å². The van der Waals surface area contributed by atoms with Crippen LogP contribution in [0.25, 0.3) is 0 Å². The van der Waals surface area contributed by atoms with Gasteiger partial charge in [0.25, 0.3) is 0 Å². The maximum absolute atomic E-state index is 12.9. The summed E-state index contributed by atoms with van der Waals surface area (Å²) >= 11 is 3.23. The number of Topliss-reactive ketones (excluding diaryl/α,β-unsaturated/α-hetero) is 2. The number of alkyl halides is 1. The number of benzene rings is 2. The largest absolute Gasteiger partial charge is 0.294 e. The Hall–Kier alpha value is -1.88. The zero-order valence-electron chi connectivity index (χ0n) is 13.1. The minimum Gasteiger partial charge on any atom is -0.294 e. The summed E-state index contributed by atoms with van der Waals surface area (Å²) in [5, 5.41) is 0.632. The van der Waals surface area contributed by atoms with Gasteiger partial charge < -0.3 is 0 Å². The lowest BCUT2D eigenvalue weighted by atomic mass is 10.1. The SMILES string of the molecule is CC(=O)c1cc(C)ccc1F.CC(=O)c1cc(CBr)ccc1F. The molecule has 0 bridgehead atoms. The van der Waals surface area contributed by atoms with Gasteiger partial charge in [0, 0.05) is 5.33 Å². The Morgan fingerprint density at radius 2 is 1.39 bits per heavy atom. The summed E-state index contributed by atoms with van der Waals surface area (Å²) in [5.41, 5.74) is 2.13. The number of rotatable bonds is 3. The molecule has 0 radical (unpaired) electrons. The van der Waals surface area contributed by atoms with E-state index in [2.05, 4.69) is 15.9 Å². The van der Waals surface area contributed by atoms with E-state index in [1.807, 2.05) is 6.92 Å². The average Bonchev–Trinajstić information content (AvgIpc) is 2.50. The molecule has 0 saturated carbocycles. The molecule has 0 amide bonds. The lowest BCUT2D eigenvalue weighted by Gasteiger charge is -2.00. The van der Waals surface area contributed by atoms with Gasteiger partial charge in [0.05, 0.1) is 11.1 Å². The minimum atomic E-state index is -0.452. The van der Waals surface area contributed by atoms with Crippen LogP contribution in [0.5, 0.6) is 0 Å². The summed E-state index contributed by atoms with van der Waals surface area (Å²) in [6, 6.07) is 9.03. The first-order valence-corrected chi connectivity index (χ1v) is 8.00. The Morgan fingerprint density at radius 1 is 0.913 bits per heavy atom. The van der Waals surface area contributed by atoms with E-state index < -0.39 is 11.6 Å². The maximum Gasteiger partial charge on any atom is 0.162 e. The normalized spacial score (nSPS) is 9.83. The molecular weight excluding hydrogens is 366 g/mol. The van der Waals surface area contributed by atoms with Crippen molar-refractivity contribution >= 4 is 27.5 Å². The molecule has 122 valence electrons. The molecule has 0 aliphatic heterocycles. The van der Waals surface area contributed by atoms with Crippen LogP contribution in [0.4, 0.5) is 8.78 Å². The zero-order valence-corrected chi connectivity index (χ0v) is 14.7. The van der Waals surface area contributed by atoms with Crippen LogP contribution in [-0.2, 0) is 5.33 Å². The van der Waals surface area contributed by atoms with Gasteiger partial charge in [-0.1, -0.05) is 33.6 Å². The van der Waals surface area contributed by atoms with Gasteiger partial charge in [-0.2, -0.15) is 0 Å². The first kappa shape index (κ1) is 19.2. The van der Waals surface area contributed by atoms with Crippen molar-refractivity contribution in [2.24, 2.45) is 0 Å². The van der Waals surface area contributed by atoms with Crippen LogP contribution < -0.4 is 0 Å². The van der Waals surface area contributed by atoms with Gasteiger partial charge in [0.2, 0.25) is 0 Å². The van der Waals surface area contributed by atoms with Crippen molar-refractivity contribution in [2.45, 2.75) is 26.1 Å². The predicted octanol–water partition coefficient (Wildman–Crippen LogP) is 5.26. The highest BCUT2D eigenvalue weighted by molar-refractivity contribution is 9.08. The Bertz CT molecular complexity index is 727. The predicted molar refractivity (Wildman–Crippen MR) is 90.2 cm³/mol. The number of aryl methyl sites for hydroxylation is 1. The molecule has 2 rings (SSSR count). The number of carbonyl (C=O) groups is 2. The van der Waals surface area contributed by atoms with Crippen molar-refractivity contribution in [2.75, 3.05) is 0 Å². The van der Waals surface area contributed by atoms with Crippen molar-refractivity contribution in [3.05, 3.63) is 70.3 Å². The molecule has 0 spiro atoms. The van der Waals surface area contributed by atoms with Crippen LogP contribution in [0.3, 0.4) is 0 Å². The van der Waals surface area contributed by atoms with Gasteiger partial charge in [-0.05, 0) is 50.6 Å². The first-order chi connectivity index (χ1) is 10.8. The molecule has 0 fully saturated rings. The van der Waals surface area contributed by atoms with Crippen molar-refractivity contribution in [3.63, 3.8) is 0 Å². The molecule has 0 heterocycles. The fourth-order valence-electron chi connectivity index (χ4n) is 1.83. The van der Waals surface area contributed by atoms with E-state index in [0.29, 0.717) is 5.33 Å². The number of hydrogen-bond donors (Lipinski definition) is 0.